The summed E-state index contributed by atoms with van der Waals surface area (Å²) < 4.78 is 0.500. The van der Waals surface area contributed by atoms with Crippen LogP contribution in [0.3, 0.4) is 0 Å². The summed E-state index contributed by atoms with van der Waals surface area (Å²) in [6.07, 6.45) is -0.372. The molecule has 11 heavy (non-hydrogen) atoms. The molecule has 0 fully saturated rings. The molecule has 0 saturated heterocycles. The van der Waals surface area contributed by atoms with E-state index in [2.05, 4.69) is 0 Å². The summed E-state index contributed by atoms with van der Waals surface area (Å²) in [5.74, 6) is 0. The zero-order valence-electron chi connectivity index (χ0n) is 5.98. The maximum absolute atomic E-state index is 10.6. The summed E-state index contributed by atoms with van der Waals surface area (Å²) in [6.45, 7) is 0. The van der Waals surface area contributed by atoms with Crippen LogP contribution in [0, 0.1) is 0 Å². The van der Waals surface area contributed by atoms with Crippen molar-refractivity contribution < 1.29 is 39.5 Å². The molecule has 0 aliphatic heterocycles. The number of carboxylic acid groups (broad SMARTS) is 1. The van der Waals surface area contributed by atoms with Crippen LogP contribution < -0.4 is 40.2 Å². The van der Waals surface area contributed by atoms with E-state index >= 15 is 0 Å². The minimum absolute atomic E-state index is 0. The molecule has 0 saturated carbocycles. The van der Waals surface area contributed by atoms with Crippen LogP contribution in [-0.4, -0.2) is 10.7 Å². The first-order valence-electron chi connectivity index (χ1n) is 2.61. The van der Waals surface area contributed by atoms with Crippen molar-refractivity contribution in [2.75, 3.05) is 0 Å². The fraction of sp³-hybridized carbons (Fsp3) is 0. The van der Waals surface area contributed by atoms with Crippen molar-refractivity contribution in [1.82, 2.24) is 4.57 Å². The number of hydrogen-bond acceptors (Lipinski definition) is 3. The Morgan fingerprint density at radius 1 is 1.45 bits per heavy atom. The zero-order chi connectivity index (χ0) is 7.56. The number of nitrogens with zero attached hydrogens (tertiary/aromatic N) is 1. The second-order valence-corrected chi connectivity index (χ2v) is 1.67. The van der Waals surface area contributed by atoms with Crippen molar-refractivity contribution in [2.24, 2.45) is 0 Å². The molecule has 1 heterocycles. The van der Waals surface area contributed by atoms with Crippen molar-refractivity contribution >= 4 is 6.09 Å². The summed E-state index contributed by atoms with van der Waals surface area (Å²) in [5.41, 5.74) is -0.595. The van der Waals surface area contributed by atoms with Crippen LogP contribution in [0.4, 0.5) is 4.79 Å². The quantitative estimate of drug-likeness (QED) is 0.365. The molecule has 0 aromatic carbocycles. The molecule has 4 nitrogen and oxygen atoms in total. The number of hydrogen-bond donors (Lipinski definition) is 0. The molecule has 0 N–H and O–H groups in total. The summed E-state index contributed by atoms with van der Waals surface area (Å²) in [4.78, 5) is 20.7. The minimum Gasteiger partial charge on any atom is -0.529 e. The van der Waals surface area contributed by atoms with Crippen molar-refractivity contribution in [3.05, 3.63) is 34.7 Å². The molecule has 0 unspecified atom stereocenters. The van der Waals surface area contributed by atoms with Gasteiger partial charge in [0.15, 0.2) is 0 Å². The Morgan fingerprint density at radius 2 is 2.09 bits per heavy atom. The van der Waals surface area contributed by atoms with E-state index in [1.807, 2.05) is 0 Å². The Kier molecular flexibility index (Phi) is 4.10. The molecule has 1 aromatic heterocycles. The van der Waals surface area contributed by atoms with Crippen molar-refractivity contribution in [1.29, 1.82) is 0 Å². The van der Waals surface area contributed by atoms with Gasteiger partial charge in [-0.1, -0.05) is 6.07 Å². The van der Waals surface area contributed by atoms with Crippen LogP contribution in [0.1, 0.15) is 0 Å². The topological polar surface area (TPSA) is 62.1 Å². The predicted octanol–water partition coefficient (Wildman–Crippen LogP) is -3.96. The Labute approximate surface area is 84.8 Å². The van der Waals surface area contributed by atoms with Gasteiger partial charge in [0.25, 0.3) is 5.56 Å². The Balaban J connectivity index is 0.000001000. The van der Waals surface area contributed by atoms with Crippen LogP contribution in [0.25, 0.3) is 0 Å². The minimum atomic E-state index is -1.51. The van der Waals surface area contributed by atoms with Gasteiger partial charge in [0, 0.05) is 12.3 Å². The molecule has 5 heteroatoms. The van der Waals surface area contributed by atoms with E-state index in [0.29, 0.717) is 4.57 Å². The Bertz CT molecular complexity index is 307. The van der Waals surface area contributed by atoms with E-state index in [9.17, 15) is 14.7 Å². The van der Waals surface area contributed by atoms with E-state index in [0.717, 1.165) is 12.3 Å². The van der Waals surface area contributed by atoms with Crippen LogP contribution in [0.2, 0.25) is 0 Å². The van der Waals surface area contributed by atoms with Crippen LogP contribution in [0.5, 0.6) is 0 Å². The Hall–Kier alpha value is -0.580. The molecule has 0 amide bonds. The van der Waals surface area contributed by atoms with Gasteiger partial charge in [-0.15, -0.1) is 0 Å². The molecule has 0 radical (unpaired) electrons. The van der Waals surface area contributed by atoms with Gasteiger partial charge in [-0.05, 0) is 6.07 Å². The summed E-state index contributed by atoms with van der Waals surface area (Å²) in [7, 11) is 0. The first-order valence-corrected chi connectivity index (χ1v) is 2.61. The Morgan fingerprint density at radius 3 is 2.45 bits per heavy atom. The third-order valence-electron chi connectivity index (χ3n) is 1.02. The smallest absolute Gasteiger partial charge is 0.529 e. The normalized spacial score (nSPS) is 8.36. The summed E-state index contributed by atoms with van der Waals surface area (Å²) >= 11 is 0. The number of carbonyl (C=O) groups excluding carboxylic acids is 1. The second kappa shape index (κ2) is 4.33. The van der Waals surface area contributed by atoms with E-state index < -0.39 is 11.7 Å². The van der Waals surface area contributed by atoms with E-state index in [1.165, 1.54) is 12.1 Å². The molecule has 52 valence electrons. The van der Waals surface area contributed by atoms with Gasteiger partial charge in [-0.25, -0.2) is 0 Å². The van der Waals surface area contributed by atoms with Gasteiger partial charge in [0.2, 0.25) is 0 Å². The van der Waals surface area contributed by atoms with Crippen molar-refractivity contribution in [3.8, 4) is 0 Å². The molecule has 1 aromatic rings. The monoisotopic (exact) mass is 161 g/mol. The number of pyridine rings is 1. The number of aromatic nitrogens is 1. The van der Waals surface area contributed by atoms with Crippen molar-refractivity contribution in [2.45, 2.75) is 0 Å². The molecule has 1 rings (SSSR count). The van der Waals surface area contributed by atoms with Gasteiger partial charge in [0.1, 0.15) is 6.09 Å². The SMILES string of the molecule is O=C([O-])n1ccccc1=O.[Na+]. The summed E-state index contributed by atoms with van der Waals surface area (Å²) in [5, 5.41) is 10.1. The van der Waals surface area contributed by atoms with E-state index in [4.69, 9.17) is 0 Å². The van der Waals surface area contributed by atoms with Gasteiger partial charge in [-0.2, -0.15) is 0 Å². The molecule has 0 atom stereocenters. The molecule has 0 bridgehead atoms. The molecule has 0 spiro atoms. The average Bonchev–Trinajstić information content (AvgIpc) is 1.88. The molecular formula is C6H4NNaO3. The number of carbonyl (C=O) groups is 1. The third-order valence-corrected chi connectivity index (χ3v) is 1.02. The largest absolute Gasteiger partial charge is 1.00 e. The maximum Gasteiger partial charge on any atom is 1.00 e. The van der Waals surface area contributed by atoms with Gasteiger partial charge in [-0.3, -0.25) is 9.36 Å². The maximum atomic E-state index is 10.6. The molecular weight excluding hydrogens is 157 g/mol. The van der Waals surface area contributed by atoms with Crippen LogP contribution in [0.15, 0.2) is 29.2 Å². The standard InChI is InChI=1S/C6H5NO3.Na/c8-5-3-1-2-4-7(5)6(9)10;/h1-4H,(H,9,10);/q;+1/p-1. The predicted molar refractivity (Wildman–Crippen MR) is 31.5 cm³/mol. The van der Waals surface area contributed by atoms with E-state index in [-0.39, 0.29) is 29.6 Å². The molecule has 0 aliphatic rings. The molecule has 0 aliphatic carbocycles. The first kappa shape index (κ1) is 10.4. The fourth-order valence-corrected chi connectivity index (χ4v) is 0.578. The van der Waals surface area contributed by atoms with Crippen LogP contribution >= 0.6 is 0 Å². The number of rotatable bonds is 0. The average molecular weight is 161 g/mol. The first-order chi connectivity index (χ1) is 4.72. The van der Waals surface area contributed by atoms with Gasteiger partial charge >= 0.3 is 29.6 Å². The zero-order valence-corrected chi connectivity index (χ0v) is 7.98. The van der Waals surface area contributed by atoms with Gasteiger partial charge in [0.05, 0.1) is 0 Å². The van der Waals surface area contributed by atoms with E-state index in [1.54, 1.807) is 0 Å². The van der Waals surface area contributed by atoms with Crippen molar-refractivity contribution in [3.63, 3.8) is 0 Å². The fourth-order valence-electron chi connectivity index (χ4n) is 0.578. The van der Waals surface area contributed by atoms with Gasteiger partial charge < -0.3 is 9.90 Å². The van der Waals surface area contributed by atoms with Crippen LogP contribution in [-0.2, 0) is 0 Å². The third kappa shape index (κ3) is 2.49. The summed E-state index contributed by atoms with van der Waals surface area (Å²) in [6, 6.07) is 4.05. The second-order valence-electron chi connectivity index (χ2n) is 1.67.